The van der Waals surface area contributed by atoms with Gasteiger partial charge in [-0.25, -0.2) is 4.98 Å². The summed E-state index contributed by atoms with van der Waals surface area (Å²) >= 11 is 0. The Labute approximate surface area is 92.9 Å². The minimum absolute atomic E-state index is 0.206. The largest absolute Gasteiger partial charge is 0.306 e. The molecule has 0 spiro atoms. The molecule has 82 valence electrons. The van der Waals surface area contributed by atoms with Gasteiger partial charge in [0.1, 0.15) is 5.82 Å². The summed E-state index contributed by atoms with van der Waals surface area (Å²) in [5, 5.41) is 9.21. The maximum Gasteiger partial charge on any atom is 0.260 e. The Morgan fingerprint density at radius 1 is 1.31 bits per heavy atom. The molecule has 0 fully saturated rings. The van der Waals surface area contributed by atoms with Crippen molar-refractivity contribution < 1.29 is 4.79 Å². The molecule has 0 atom stereocenters. The van der Waals surface area contributed by atoms with E-state index in [-0.39, 0.29) is 5.91 Å². The molecule has 5 heteroatoms. The van der Waals surface area contributed by atoms with Crippen LogP contribution in [0.1, 0.15) is 21.6 Å². The summed E-state index contributed by atoms with van der Waals surface area (Å²) in [6.45, 7) is 3.74. The summed E-state index contributed by atoms with van der Waals surface area (Å²) in [6, 6.07) is 3.66. The number of H-pyrrole nitrogens is 1. The topological polar surface area (TPSA) is 70.7 Å². The number of hydrogen-bond acceptors (Lipinski definition) is 3. The highest BCUT2D eigenvalue weighted by Crippen LogP contribution is 2.08. The lowest BCUT2D eigenvalue weighted by Crippen LogP contribution is -2.13. The van der Waals surface area contributed by atoms with Crippen LogP contribution in [0.5, 0.6) is 0 Å². The van der Waals surface area contributed by atoms with Crippen molar-refractivity contribution in [3.8, 4) is 0 Å². The number of anilines is 1. The van der Waals surface area contributed by atoms with Gasteiger partial charge in [-0.2, -0.15) is 5.10 Å². The lowest BCUT2D eigenvalue weighted by atomic mass is 10.2. The van der Waals surface area contributed by atoms with E-state index in [9.17, 15) is 4.79 Å². The van der Waals surface area contributed by atoms with Crippen LogP contribution in [0.4, 0.5) is 5.82 Å². The summed E-state index contributed by atoms with van der Waals surface area (Å²) in [6.07, 6.45) is 3.21. The summed E-state index contributed by atoms with van der Waals surface area (Å²) in [7, 11) is 0. The van der Waals surface area contributed by atoms with E-state index >= 15 is 0 Å². The number of rotatable bonds is 2. The quantitative estimate of drug-likeness (QED) is 0.802. The third kappa shape index (κ3) is 2.08. The van der Waals surface area contributed by atoms with Gasteiger partial charge in [0.25, 0.3) is 5.91 Å². The van der Waals surface area contributed by atoms with Crippen LogP contribution in [0.2, 0.25) is 0 Å². The third-order valence-electron chi connectivity index (χ3n) is 2.23. The lowest BCUT2D eigenvalue weighted by Gasteiger charge is -2.03. The highest BCUT2D eigenvalue weighted by molar-refractivity contribution is 6.04. The zero-order valence-electron chi connectivity index (χ0n) is 9.11. The molecule has 0 aliphatic heterocycles. The molecule has 0 unspecified atom stereocenters. The van der Waals surface area contributed by atoms with Gasteiger partial charge in [0.15, 0.2) is 0 Å². The number of aromatic nitrogens is 3. The molecule has 1 amide bonds. The van der Waals surface area contributed by atoms with Crippen molar-refractivity contribution in [1.82, 2.24) is 15.2 Å². The first-order chi connectivity index (χ1) is 7.66. The fourth-order valence-corrected chi connectivity index (χ4v) is 1.31. The first-order valence-electron chi connectivity index (χ1n) is 4.91. The lowest BCUT2D eigenvalue weighted by molar-refractivity contribution is 0.102. The van der Waals surface area contributed by atoms with Crippen LogP contribution in [0, 0.1) is 13.8 Å². The molecule has 0 aliphatic rings. The second kappa shape index (κ2) is 4.14. The molecule has 2 aromatic rings. The van der Waals surface area contributed by atoms with Gasteiger partial charge in [-0.05, 0) is 25.5 Å². The van der Waals surface area contributed by atoms with E-state index in [1.54, 1.807) is 19.2 Å². The average molecular weight is 216 g/mol. The number of carbonyl (C=O) groups excluding carboxylic acids is 1. The van der Waals surface area contributed by atoms with E-state index in [1.807, 2.05) is 13.0 Å². The number of amides is 1. The van der Waals surface area contributed by atoms with Crippen molar-refractivity contribution in [2.45, 2.75) is 13.8 Å². The molecule has 5 nitrogen and oxygen atoms in total. The highest BCUT2D eigenvalue weighted by Gasteiger charge is 2.10. The number of nitrogens with zero attached hydrogens (tertiary/aromatic N) is 2. The van der Waals surface area contributed by atoms with Crippen molar-refractivity contribution in [2.75, 3.05) is 5.32 Å². The highest BCUT2D eigenvalue weighted by atomic mass is 16.1. The Hall–Kier alpha value is -2.17. The van der Waals surface area contributed by atoms with Gasteiger partial charge >= 0.3 is 0 Å². The van der Waals surface area contributed by atoms with Crippen molar-refractivity contribution in [2.24, 2.45) is 0 Å². The van der Waals surface area contributed by atoms with E-state index in [0.717, 1.165) is 11.3 Å². The predicted octanol–water partition coefficient (Wildman–Crippen LogP) is 1.67. The summed E-state index contributed by atoms with van der Waals surface area (Å²) < 4.78 is 0. The van der Waals surface area contributed by atoms with Crippen molar-refractivity contribution in [3.63, 3.8) is 0 Å². The fourth-order valence-electron chi connectivity index (χ4n) is 1.31. The molecule has 0 radical (unpaired) electrons. The minimum Gasteiger partial charge on any atom is -0.306 e. The Bertz CT molecular complexity index is 501. The maximum atomic E-state index is 11.8. The van der Waals surface area contributed by atoms with Gasteiger partial charge in [-0.1, -0.05) is 6.07 Å². The van der Waals surface area contributed by atoms with Crippen LogP contribution in [0.3, 0.4) is 0 Å². The van der Waals surface area contributed by atoms with Crippen molar-refractivity contribution in [3.05, 3.63) is 41.3 Å². The van der Waals surface area contributed by atoms with Gasteiger partial charge in [0.05, 0.1) is 11.8 Å². The van der Waals surface area contributed by atoms with Crippen LogP contribution in [0.15, 0.2) is 24.5 Å². The maximum absolute atomic E-state index is 11.8. The smallest absolute Gasteiger partial charge is 0.260 e. The van der Waals surface area contributed by atoms with E-state index in [0.29, 0.717) is 11.4 Å². The molecule has 0 aromatic carbocycles. The molecule has 0 aliphatic carbocycles. The van der Waals surface area contributed by atoms with Gasteiger partial charge < -0.3 is 5.32 Å². The van der Waals surface area contributed by atoms with Gasteiger partial charge in [0.2, 0.25) is 0 Å². The standard InChI is InChI=1S/C11H12N4O/c1-7-3-4-10(12-5-7)14-11(16)9-6-13-15-8(9)2/h3-6H,1-2H3,(H,13,15)(H,12,14,16). The first kappa shape index (κ1) is 10.4. The van der Waals surface area contributed by atoms with Gasteiger partial charge in [-0.3, -0.25) is 9.89 Å². The molecule has 0 saturated carbocycles. The SMILES string of the molecule is Cc1ccc(NC(=O)c2cn[nH]c2C)nc1. The number of hydrogen-bond donors (Lipinski definition) is 2. The average Bonchev–Trinajstić information content (AvgIpc) is 2.68. The Morgan fingerprint density at radius 3 is 2.69 bits per heavy atom. The molecule has 2 aromatic heterocycles. The first-order valence-corrected chi connectivity index (χ1v) is 4.91. The number of aryl methyl sites for hydroxylation is 2. The van der Waals surface area contributed by atoms with E-state index < -0.39 is 0 Å². The van der Waals surface area contributed by atoms with Crippen LogP contribution in [-0.4, -0.2) is 21.1 Å². The predicted molar refractivity (Wildman–Crippen MR) is 60.3 cm³/mol. The van der Waals surface area contributed by atoms with Crippen LogP contribution in [-0.2, 0) is 0 Å². The zero-order valence-corrected chi connectivity index (χ0v) is 9.11. The Kier molecular flexibility index (Phi) is 2.68. The minimum atomic E-state index is -0.206. The normalized spacial score (nSPS) is 10.1. The third-order valence-corrected chi connectivity index (χ3v) is 2.23. The molecule has 16 heavy (non-hydrogen) atoms. The van der Waals surface area contributed by atoms with Crippen LogP contribution < -0.4 is 5.32 Å². The molecule has 2 rings (SSSR count). The fraction of sp³-hybridized carbons (Fsp3) is 0.182. The van der Waals surface area contributed by atoms with Crippen LogP contribution in [0.25, 0.3) is 0 Å². The molecule has 0 saturated heterocycles. The van der Waals surface area contributed by atoms with Gasteiger partial charge in [0, 0.05) is 11.9 Å². The van der Waals surface area contributed by atoms with Crippen LogP contribution >= 0.6 is 0 Å². The van der Waals surface area contributed by atoms with E-state index in [1.165, 1.54) is 6.20 Å². The molecule has 0 bridgehead atoms. The zero-order chi connectivity index (χ0) is 11.5. The molecular formula is C11H12N4O. The number of carbonyl (C=O) groups is 1. The second-order valence-electron chi connectivity index (χ2n) is 3.58. The molecular weight excluding hydrogens is 204 g/mol. The monoisotopic (exact) mass is 216 g/mol. The Morgan fingerprint density at radius 2 is 2.12 bits per heavy atom. The Balaban J connectivity index is 2.14. The summed E-state index contributed by atoms with van der Waals surface area (Å²) in [5.74, 6) is 0.332. The summed E-state index contributed by atoms with van der Waals surface area (Å²) in [5.41, 5.74) is 2.32. The number of aromatic amines is 1. The number of pyridine rings is 1. The van der Waals surface area contributed by atoms with Crippen molar-refractivity contribution >= 4 is 11.7 Å². The van der Waals surface area contributed by atoms with E-state index in [2.05, 4.69) is 20.5 Å². The number of nitrogens with one attached hydrogen (secondary N) is 2. The van der Waals surface area contributed by atoms with E-state index in [4.69, 9.17) is 0 Å². The summed E-state index contributed by atoms with van der Waals surface area (Å²) in [4.78, 5) is 15.9. The second-order valence-corrected chi connectivity index (χ2v) is 3.58. The van der Waals surface area contributed by atoms with Gasteiger partial charge in [-0.15, -0.1) is 0 Å². The van der Waals surface area contributed by atoms with Crippen molar-refractivity contribution in [1.29, 1.82) is 0 Å². The molecule has 2 heterocycles. The molecule has 2 N–H and O–H groups in total.